The summed E-state index contributed by atoms with van der Waals surface area (Å²) in [6, 6.07) is 9.34. The zero-order valence-electron chi connectivity index (χ0n) is 15.4. The molecule has 0 aliphatic carbocycles. The van der Waals surface area contributed by atoms with Crippen LogP contribution < -0.4 is 18.5 Å². The van der Waals surface area contributed by atoms with Crippen LogP contribution in [0.3, 0.4) is 0 Å². The lowest BCUT2D eigenvalue weighted by molar-refractivity contribution is 0.392. The number of phenolic OH excluding ortho intramolecular Hbond substituents is 1. The van der Waals surface area contributed by atoms with Gasteiger partial charge in [-0.2, -0.15) is 8.42 Å². The molecule has 10 nitrogen and oxygen atoms in total. The van der Waals surface area contributed by atoms with E-state index in [1.807, 2.05) is 4.72 Å². The largest absolute Gasteiger partial charge is 0.506 e. The van der Waals surface area contributed by atoms with Gasteiger partial charge in [-0.15, -0.1) is 0 Å². The SMILES string of the molecule is COc1cccc(Cc2ccc(N3C=C(O)NS3(=O)=O)c(O)c2)c1NS(C)(=O)=O. The van der Waals surface area contributed by atoms with Crippen molar-refractivity contribution in [3.05, 3.63) is 59.6 Å². The van der Waals surface area contributed by atoms with Crippen molar-refractivity contribution < 1.29 is 31.8 Å². The minimum Gasteiger partial charge on any atom is -0.506 e. The number of anilines is 2. The number of rotatable bonds is 6. The molecule has 0 radical (unpaired) electrons. The Morgan fingerprint density at radius 1 is 1.21 bits per heavy atom. The van der Waals surface area contributed by atoms with Crippen molar-refractivity contribution in [1.82, 2.24) is 4.72 Å². The molecule has 0 amide bonds. The van der Waals surface area contributed by atoms with Gasteiger partial charge in [-0.3, -0.25) is 4.72 Å². The quantitative estimate of drug-likeness (QED) is 0.530. The number of sulfonamides is 1. The molecule has 4 N–H and O–H groups in total. The van der Waals surface area contributed by atoms with Crippen LogP contribution in [0.1, 0.15) is 11.1 Å². The maximum atomic E-state index is 12.0. The Bertz CT molecular complexity index is 1190. The third-order valence-corrected chi connectivity index (χ3v) is 5.89. The van der Waals surface area contributed by atoms with Crippen LogP contribution in [0, 0.1) is 0 Å². The fraction of sp³-hybridized carbons (Fsp3) is 0.176. The molecule has 1 heterocycles. The summed E-state index contributed by atoms with van der Waals surface area (Å²) in [5, 5.41) is 19.7. The normalized spacial score (nSPS) is 15.5. The zero-order chi connectivity index (χ0) is 21.4. The number of hydrogen-bond donors (Lipinski definition) is 4. The molecule has 29 heavy (non-hydrogen) atoms. The van der Waals surface area contributed by atoms with E-state index in [-0.39, 0.29) is 23.5 Å². The second-order valence-corrected chi connectivity index (χ2v) is 9.58. The van der Waals surface area contributed by atoms with Gasteiger partial charge in [0.25, 0.3) is 0 Å². The van der Waals surface area contributed by atoms with Gasteiger partial charge < -0.3 is 14.9 Å². The number of nitrogens with one attached hydrogen (secondary N) is 2. The molecule has 0 fully saturated rings. The van der Waals surface area contributed by atoms with E-state index in [0.29, 0.717) is 21.2 Å². The molecule has 2 aromatic carbocycles. The average molecular weight is 441 g/mol. The van der Waals surface area contributed by atoms with Crippen molar-refractivity contribution in [3.63, 3.8) is 0 Å². The predicted octanol–water partition coefficient (Wildman–Crippen LogP) is 1.37. The summed E-state index contributed by atoms with van der Waals surface area (Å²) in [6.45, 7) is 0. The molecule has 3 rings (SSSR count). The third-order valence-electron chi connectivity index (χ3n) is 4.02. The number of phenols is 1. The second-order valence-electron chi connectivity index (χ2n) is 6.29. The van der Waals surface area contributed by atoms with Gasteiger partial charge in [-0.05, 0) is 35.7 Å². The van der Waals surface area contributed by atoms with Crippen molar-refractivity contribution in [1.29, 1.82) is 0 Å². The highest BCUT2D eigenvalue weighted by molar-refractivity contribution is 7.92. The summed E-state index contributed by atoms with van der Waals surface area (Å²) in [5.41, 5.74) is 1.41. The monoisotopic (exact) mass is 441 g/mol. The van der Waals surface area contributed by atoms with Gasteiger partial charge in [0.15, 0.2) is 0 Å². The van der Waals surface area contributed by atoms with Crippen LogP contribution >= 0.6 is 0 Å². The summed E-state index contributed by atoms with van der Waals surface area (Å²) >= 11 is 0. The van der Waals surface area contributed by atoms with Gasteiger partial charge >= 0.3 is 10.2 Å². The fourth-order valence-electron chi connectivity index (χ4n) is 2.87. The molecule has 156 valence electrons. The Morgan fingerprint density at radius 3 is 2.48 bits per heavy atom. The first-order chi connectivity index (χ1) is 13.5. The Hall–Kier alpha value is -3.12. The Balaban J connectivity index is 1.96. The molecule has 0 saturated heterocycles. The maximum Gasteiger partial charge on any atom is 0.330 e. The van der Waals surface area contributed by atoms with Crippen molar-refractivity contribution in [2.45, 2.75) is 6.42 Å². The number of aliphatic hydroxyl groups is 1. The molecular formula is C17H19N3O7S2. The average Bonchev–Trinajstić information content (AvgIpc) is 2.87. The molecular weight excluding hydrogens is 422 g/mol. The van der Waals surface area contributed by atoms with E-state index >= 15 is 0 Å². The highest BCUT2D eigenvalue weighted by atomic mass is 32.2. The van der Waals surface area contributed by atoms with Gasteiger partial charge in [0.1, 0.15) is 17.2 Å². The van der Waals surface area contributed by atoms with Gasteiger partial charge in [0, 0.05) is 0 Å². The molecule has 1 aliphatic heterocycles. The first kappa shape index (κ1) is 20.6. The summed E-state index contributed by atoms with van der Waals surface area (Å²) in [5.74, 6) is -0.565. The van der Waals surface area contributed by atoms with Crippen LogP contribution in [0.5, 0.6) is 11.5 Å². The molecule has 1 aliphatic rings. The predicted molar refractivity (Wildman–Crippen MR) is 108 cm³/mol. The first-order valence-electron chi connectivity index (χ1n) is 8.18. The van der Waals surface area contributed by atoms with Crippen molar-refractivity contribution >= 4 is 31.6 Å². The second kappa shape index (κ2) is 7.37. The minimum atomic E-state index is -4.03. The Labute approximate surface area is 168 Å². The molecule has 0 aromatic heterocycles. The number of hydrogen-bond acceptors (Lipinski definition) is 7. The fourth-order valence-corrected chi connectivity index (χ4v) is 4.54. The number of nitrogens with zero attached hydrogens (tertiary/aromatic N) is 1. The third kappa shape index (κ3) is 4.49. The summed E-state index contributed by atoms with van der Waals surface area (Å²) in [6.07, 6.45) is 2.19. The van der Waals surface area contributed by atoms with Gasteiger partial charge in [-0.1, -0.05) is 18.2 Å². The smallest absolute Gasteiger partial charge is 0.330 e. The number of aliphatic hydroxyl groups excluding tert-OH is 1. The van der Waals surface area contributed by atoms with E-state index in [0.717, 1.165) is 12.5 Å². The topological polar surface area (TPSA) is 145 Å². The molecule has 12 heteroatoms. The number of para-hydroxylation sites is 1. The molecule has 2 aromatic rings. The van der Waals surface area contributed by atoms with Crippen LogP contribution in [-0.4, -0.2) is 40.4 Å². The Morgan fingerprint density at radius 2 is 1.93 bits per heavy atom. The standard InChI is InChI=1S/C17H19N3O7S2/c1-27-15-5-3-4-12(17(15)19-28(2,23)24)8-11-6-7-13(14(21)9-11)20-10-16(22)18-29(20,25)26/h3-7,9-10,18-19,21-22H,8H2,1-2H3. The zero-order valence-corrected chi connectivity index (χ0v) is 17.1. The number of methoxy groups -OCH3 is 1. The van der Waals surface area contributed by atoms with E-state index in [4.69, 9.17) is 4.74 Å². The van der Waals surface area contributed by atoms with E-state index in [2.05, 4.69) is 4.72 Å². The van der Waals surface area contributed by atoms with Crippen molar-refractivity contribution in [3.8, 4) is 11.5 Å². The number of aromatic hydroxyl groups is 1. The van der Waals surface area contributed by atoms with Gasteiger partial charge in [0.2, 0.25) is 15.9 Å². The van der Waals surface area contributed by atoms with Crippen molar-refractivity contribution in [2.24, 2.45) is 0 Å². The minimum absolute atomic E-state index is 0.0505. The summed E-state index contributed by atoms with van der Waals surface area (Å²) < 4.78 is 57.6. The van der Waals surface area contributed by atoms with E-state index in [1.165, 1.54) is 19.2 Å². The maximum absolute atomic E-state index is 12.0. The number of ether oxygens (including phenoxy) is 1. The lowest BCUT2D eigenvalue weighted by Gasteiger charge is -2.17. The molecule has 0 saturated carbocycles. The summed E-state index contributed by atoms with van der Waals surface area (Å²) in [7, 11) is -6.17. The molecule has 0 bridgehead atoms. The lowest BCUT2D eigenvalue weighted by Crippen LogP contribution is -2.29. The van der Waals surface area contributed by atoms with Gasteiger partial charge in [-0.25, -0.2) is 17.4 Å². The van der Waals surface area contributed by atoms with Crippen LogP contribution in [0.4, 0.5) is 11.4 Å². The van der Waals surface area contributed by atoms with E-state index in [9.17, 15) is 27.0 Å². The highest BCUT2D eigenvalue weighted by Crippen LogP contribution is 2.35. The number of benzene rings is 2. The molecule has 0 unspecified atom stereocenters. The van der Waals surface area contributed by atoms with E-state index < -0.39 is 26.1 Å². The first-order valence-corrected chi connectivity index (χ1v) is 11.5. The van der Waals surface area contributed by atoms with Crippen molar-refractivity contribution in [2.75, 3.05) is 22.4 Å². The molecule has 0 spiro atoms. The molecule has 0 atom stereocenters. The lowest BCUT2D eigenvalue weighted by atomic mass is 10.0. The van der Waals surface area contributed by atoms with Crippen LogP contribution in [0.2, 0.25) is 0 Å². The summed E-state index contributed by atoms with van der Waals surface area (Å²) in [4.78, 5) is 0. The van der Waals surface area contributed by atoms with Crippen LogP contribution in [0.25, 0.3) is 0 Å². The van der Waals surface area contributed by atoms with Crippen LogP contribution in [0.15, 0.2) is 48.5 Å². The highest BCUT2D eigenvalue weighted by Gasteiger charge is 2.30. The Kier molecular flexibility index (Phi) is 5.24. The van der Waals surface area contributed by atoms with Gasteiger partial charge in [0.05, 0.1) is 25.3 Å². The van der Waals surface area contributed by atoms with E-state index in [1.54, 1.807) is 24.3 Å². The van der Waals surface area contributed by atoms with Crippen LogP contribution in [-0.2, 0) is 26.7 Å².